The van der Waals surface area contributed by atoms with Crippen LogP contribution in [0.5, 0.6) is 11.5 Å². The summed E-state index contributed by atoms with van der Waals surface area (Å²) in [5.74, 6) is 1.52. The van der Waals surface area contributed by atoms with Gasteiger partial charge in [0.05, 0.1) is 18.9 Å². The number of rotatable bonds is 10. The summed E-state index contributed by atoms with van der Waals surface area (Å²) >= 11 is 1.61. The van der Waals surface area contributed by atoms with Crippen LogP contribution in [0.4, 0.5) is 10.8 Å². The number of nitrogens with zero attached hydrogens (tertiary/aromatic N) is 1. The van der Waals surface area contributed by atoms with Crippen LogP contribution in [0.2, 0.25) is 0 Å². The fraction of sp³-hybridized carbons (Fsp3) is 0.500. The zero-order chi connectivity index (χ0) is 17.4. The van der Waals surface area contributed by atoms with E-state index in [-0.39, 0.29) is 6.04 Å². The first kappa shape index (κ1) is 18.5. The lowest BCUT2D eigenvalue weighted by molar-refractivity contribution is 0.288. The number of thiazole rings is 1. The normalized spacial score (nSPS) is 12.0. The van der Waals surface area contributed by atoms with Crippen LogP contribution in [0, 0.1) is 0 Å². The lowest BCUT2D eigenvalue weighted by Gasteiger charge is -2.13. The number of ether oxygens (including phenoxy) is 2. The van der Waals surface area contributed by atoms with E-state index < -0.39 is 0 Å². The SMILES string of the molecule is CCCNC(C)c1csc(Nc2ccc(OCC)c(OCC)c2)n1. The molecule has 0 fully saturated rings. The predicted octanol–water partition coefficient (Wildman–Crippen LogP) is 4.74. The maximum atomic E-state index is 5.66. The van der Waals surface area contributed by atoms with Crippen LogP contribution in [0.25, 0.3) is 0 Å². The molecular weight excluding hydrogens is 322 g/mol. The van der Waals surface area contributed by atoms with Gasteiger partial charge in [0, 0.05) is 23.2 Å². The highest BCUT2D eigenvalue weighted by Gasteiger charge is 2.11. The first-order chi connectivity index (χ1) is 11.7. The highest BCUT2D eigenvalue weighted by atomic mass is 32.1. The Morgan fingerprint density at radius 3 is 2.58 bits per heavy atom. The van der Waals surface area contributed by atoms with Crippen molar-refractivity contribution in [1.82, 2.24) is 10.3 Å². The Bertz CT molecular complexity index is 630. The monoisotopic (exact) mass is 349 g/mol. The third-order valence-electron chi connectivity index (χ3n) is 3.46. The van der Waals surface area contributed by atoms with Crippen LogP contribution < -0.4 is 20.1 Å². The van der Waals surface area contributed by atoms with Crippen molar-refractivity contribution in [3.8, 4) is 11.5 Å². The number of nitrogens with one attached hydrogen (secondary N) is 2. The number of aromatic nitrogens is 1. The van der Waals surface area contributed by atoms with E-state index in [1.165, 1.54) is 0 Å². The van der Waals surface area contributed by atoms with E-state index >= 15 is 0 Å². The molecule has 0 aliphatic rings. The van der Waals surface area contributed by atoms with Crippen molar-refractivity contribution < 1.29 is 9.47 Å². The second-order valence-corrected chi connectivity index (χ2v) is 6.26. The van der Waals surface area contributed by atoms with Crippen molar-refractivity contribution in [2.24, 2.45) is 0 Å². The molecule has 6 heteroatoms. The average Bonchev–Trinajstić information content (AvgIpc) is 3.04. The van der Waals surface area contributed by atoms with E-state index in [4.69, 9.17) is 9.47 Å². The first-order valence-corrected chi connectivity index (χ1v) is 9.41. The Morgan fingerprint density at radius 2 is 1.88 bits per heavy atom. The summed E-state index contributed by atoms with van der Waals surface area (Å²) in [4.78, 5) is 4.67. The molecule has 0 radical (unpaired) electrons. The van der Waals surface area contributed by atoms with Gasteiger partial charge in [0.1, 0.15) is 0 Å². The third-order valence-corrected chi connectivity index (χ3v) is 4.24. The van der Waals surface area contributed by atoms with E-state index in [9.17, 15) is 0 Å². The van der Waals surface area contributed by atoms with Crippen molar-refractivity contribution in [3.63, 3.8) is 0 Å². The lowest BCUT2D eigenvalue weighted by Crippen LogP contribution is -2.19. The van der Waals surface area contributed by atoms with Gasteiger partial charge in [-0.15, -0.1) is 11.3 Å². The molecule has 1 heterocycles. The molecule has 132 valence electrons. The van der Waals surface area contributed by atoms with Crippen LogP contribution in [0.1, 0.15) is 45.9 Å². The first-order valence-electron chi connectivity index (χ1n) is 8.53. The fourth-order valence-electron chi connectivity index (χ4n) is 2.26. The van der Waals surface area contributed by atoms with Crippen molar-refractivity contribution >= 4 is 22.2 Å². The number of benzene rings is 1. The molecule has 1 atom stereocenters. The van der Waals surface area contributed by atoms with E-state index in [2.05, 4.69) is 34.8 Å². The van der Waals surface area contributed by atoms with Crippen LogP contribution >= 0.6 is 11.3 Å². The summed E-state index contributed by atoms with van der Waals surface area (Å²) in [6.07, 6.45) is 1.12. The zero-order valence-corrected chi connectivity index (χ0v) is 15.7. The van der Waals surface area contributed by atoms with Gasteiger partial charge in [0.25, 0.3) is 0 Å². The second kappa shape index (κ2) is 9.49. The predicted molar refractivity (Wildman–Crippen MR) is 101 cm³/mol. The van der Waals surface area contributed by atoms with Gasteiger partial charge in [-0.1, -0.05) is 6.92 Å². The number of hydrogen-bond acceptors (Lipinski definition) is 6. The summed E-state index contributed by atoms with van der Waals surface area (Å²) < 4.78 is 11.3. The van der Waals surface area contributed by atoms with Crippen molar-refractivity contribution in [2.75, 3.05) is 25.1 Å². The summed E-state index contributed by atoms with van der Waals surface area (Å²) in [6.45, 7) is 10.4. The van der Waals surface area contributed by atoms with Gasteiger partial charge >= 0.3 is 0 Å². The van der Waals surface area contributed by atoms with Crippen molar-refractivity contribution in [2.45, 2.75) is 40.2 Å². The van der Waals surface area contributed by atoms with E-state index in [0.717, 1.165) is 41.0 Å². The van der Waals surface area contributed by atoms with Gasteiger partial charge < -0.3 is 20.1 Å². The number of anilines is 2. The molecule has 0 aliphatic carbocycles. The Labute approximate surface area is 148 Å². The number of hydrogen-bond donors (Lipinski definition) is 2. The fourth-order valence-corrected chi connectivity index (χ4v) is 3.08. The minimum absolute atomic E-state index is 0.260. The Hall–Kier alpha value is -1.79. The third kappa shape index (κ3) is 5.11. The molecular formula is C18H27N3O2S. The summed E-state index contributed by atoms with van der Waals surface area (Å²) in [5, 5.41) is 9.77. The quantitative estimate of drug-likeness (QED) is 0.648. The van der Waals surface area contributed by atoms with Crippen LogP contribution in [0.3, 0.4) is 0 Å². The van der Waals surface area contributed by atoms with E-state index in [1.807, 2.05) is 32.0 Å². The molecule has 1 unspecified atom stereocenters. The molecule has 0 amide bonds. The molecule has 0 saturated carbocycles. The molecule has 0 bridgehead atoms. The molecule has 2 N–H and O–H groups in total. The second-order valence-electron chi connectivity index (χ2n) is 5.41. The topological polar surface area (TPSA) is 55.4 Å². The summed E-state index contributed by atoms with van der Waals surface area (Å²) in [7, 11) is 0. The largest absolute Gasteiger partial charge is 0.490 e. The molecule has 5 nitrogen and oxygen atoms in total. The molecule has 24 heavy (non-hydrogen) atoms. The van der Waals surface area contributed by atoms with Crippen LogP contribution in [-0.4, -0.2) is 24.7 Å². The molecule has 2 aromatic rings. The van der Waals surface area contributed by atoms with Gasteiger partial charge in [-0.3, -0.25) is 0 Å². The van der Waals surface area contributed by atoms with E-state index in [0.29, 0.717) is 13.2 Å². The molecule has 0 saturated heterocycles. The standard InChI is InChI=1S/C18H27N3O2S/c1-5-10-19-13(4)15-12-24-18(21-15)20-14-8-9-16(22-6-2)17(11-14)23-7-3/h8-9,11-13,19H,5-7,10H2,1-4H3,(H,20,21). The minimum Gasteiger partial charge on any atom is -0.490 e. The summed E-state index contributed by atoms with van der Waals surface area (Å²) in [5.41, 5.74) is 2.00. The van der Waals surface area contributed by atoms with Gasteiger partial charge in [0.15, 0.2) is 16.6 Å². The minimum atomic E-state index is 0.260. The van der Waals surface area contributed by atoms with E-state index in [1.54, 1.807) is 11.3 Å². The molecule has 0 aliphatic heterocycles. The maximum Gasteiger partial charge on any atom is 0.187 e. The average molecular weight is 350 g/mol. The van der Waals surface area contributed by atoms with Gasteiger partial charge in [-0.25, -0.2) is 4.98 Å². The Kier molecular flexibility index (Phi) is 7.34. The highest BCUT2D eigenvalue weighted by Crippen LogP contribution is 2.32. The maximum absolute atomic E-state index is 5.66. The van der Waals surface area contributed by atoms with Gasteiger partial charge in [-0.05, 0) is 45.9 Å². The smallest absolute Gasteiger partial charge is 0.187 e. The highest BCUT2D eigenvalue weighted by molar-refractivity contribution is 7.13. The lowest BCUT2D eigenvalue weighted by atomic mass is 10.2. The van der Waals surface area contributed by atoms with Crippen LogP contribution in [0.15, 0.2) is 23.6 Å². The van der Waals surface area contributed by atoms with Gasteiger partial charge in [0.2, 0.25) is 0 Å². The summed E-state index contributed by atoms with van der Waals surface area (Å²) in [6, 6.07) is 6.12. The van der Waals surface area contributed by atoms with Crippen molar-refractivity contribution in [1.29, 1.82) is 0 Å². The van der Waals surface area contributed by atoms with Crippen LogP contribution in [-0.2, 0) is 0 Å². The molecule has 1 aromatic heterocycles. The van der Waals surface area contributed by atoms with Gasteiger partial charge in [-0.2, -0.15) is 0 Å². The Balaban J connectivity index is 2.07. The van der Waals surface area contributed by atoms with Crippen molar-refractivity contribution in [3.05, 3.63) is 29.3 Å². The molecule has 0 spiro atoms. The molecule has 2 rings (SSSR count). The zero-order valence-electron chi connectivity index (χ0n) is 14.9. The Morgan fingerprint density at radius 1 is 1.12 bits per heavy atom. The molecule has 1 aromatic carbocycles.